The van der Waals surface area contributed by atoms with Gasteiger partial charge in [-0.25, -0.2) is 15.0 Å². The summed E-state index contributed by atoms with van der Waals surface area (Å²) in [4.78, 5) is 12.1. The third-order valence-corrected chi connectivity index (χ3v) is 1.75. The van der Waals surface area contributed by atoms with E-state index in [9.17, 15) is 0 Å². The molecule has 0 aromatic carbocycles. The van der Waals surface area contributed by atoms with Crippen LogP contribution in [0.15, 0.2) is 18.5 Å². The summed E-state index contributed by atoms with van der Waals surface area (Å²) in [6, 6.07) is 1.84. The molecule has 5 nitrogen and oxygen atoms in total. The van der Waals surface area contributed by atoms with Crippen molar-refractivity contribution in [1.82, 2.24) is 15.0 Å². The third kappa shape index (κ3) is 1.24. The molecule has 0 radical (unpaired) electrons. The second kappa shape index (κ2) is 2.85. The fourth-order valence-electron chi connectivity index (χ4n) is 1.15. The van der Waals surface area contributed by atoms with Gasteiger partial charge in [-0.1, -0.05) is 0 Å². The van der Waals surface area contributed by atoms with Crippen LogP contribution in [0.5, 0.6) is 0 Å². The number of rotatable bonds is 1. The fraction of sp³-hybridized carbons (Fsp3) is 0.125. The van der Waals surface area contributed by atoms with Gasteiger partial charge in [0.1, 0.15) is 5.52 Å². The normalized spacial score (nSPS) is 10.2. The molecule has 0 aliphatic heterocycles. The van der Waals surface area contributed by atoms with Crippen molar-refractivity contribution < 1.29 is 0 Å². The van der Waals surface area contributed by atoms with Crippen LogP contribution in [0.1, 0.15) is 0 Å². The molecule has 0 unspecified atom stereocenters. The zero-order valence-corrected chi connectivity index (χ0v) is 7.15. The minimum Gasteiger partial charge on any atom is -0.371 e. The lowest BCUT2D eigenvalue weighted by atomic mass is 10.3. The molecule has 5 heteroatoms. The molecule has 0 atom stereocenters. The second-order valence-corrected chi connectivity index (χ2v) is 2.58. The predicted octanol–water partition coefficient (Wildman–Crippen LogP) is 0.649. The van der Waals surface area contributed by atoms with Crippen LogP contribution in [0.2, 0.25) is 0 Å². The Kier molecular flexibility index (Phi) is 1.70. The van der Waals surface area contributed by atoms with Gasteiger partial charge >= 0.3 is 0 Å². The molecule has 0 fully saturated rings. The number of nitrogen functional groups attached to an aromatic ring is 1. The van der Waals surface area contributed by atoms with Crippen LogP contribution in [-0.2, 0) is 0 Å². The highest BCUT2D eigenvalue weighted by Crippen LogP contribution is 2.17. The van der Waals surface area contributed by atoms with Gasteiger partial charge in [0.2, 0.25) is 5.95 Å². The number of nitrogens with two attached hydrogens (primary N) is 1. The van der Waals surface area contributed by atoms with Crippen molar-refractivity contribution >= 4 is 22.7 Å². The van der Waals surface area contributed by atoms with Gasteiger partial charge in [-0.2, -0.15) is 0 Å². The SMILES string of the molecule is CNc1nccc2cnc(N)nc12. The van der Waals surface area contributed by atoms with E-state index < -0.39 is 0 Å². The number of nitrogens with one attached hydrogen (secondary N) is 1. The van der Waals surface area contributed by atoms with E-state index in [1.807, 2.05) is 6.07 Å². The van der Waals surface area contributed by atoms with Crippen LogP contribution in [0, 0.1) is 0 Å². The summed E-state index contributed by atoms with van der Waals surface area (Å²) in [6.45, 7) is 0. The molecule has 0 amide bonds. The molecule has 2 aromatic heterocycles. The standard InChI is InChI=1S/C8H9N5/c1-10-7-6-5(2-3-11-7)4-12-8(9)13-6/h2-4H,1H3,(H,10,11)(H2,9,12,13). The lowest BCUT2D eigenvalue weighted by molar-refractivity contribution is 1.21. The van der Waals surface area contributed by atoms with Crippen LogP contribution in [0.4, 0.5) is 11.8 Å². The summed E-state index contributed by atoms with van der Waals surface area (Å²) in [5, 5.41) is 3.86. The minimum atomic E-state index is 0.261. The Labute approximate surface area is 75.0 Å². The number of pyridine rings is 1. The molecule has 0 spiro atoms. The van der Waals surface area contributed by atoms with E-state index in [-0.39, 0.29) is 5.95 Å². The molecule has 3 N–H and O–H groups in total. The first-order valence-corrected chi connectivity index (χ1v) is 3.86. The lowest BCUT2D eigenvalue weighted by Crippen LogP contribution is -1.98. The summed E-state index contributed by atoms with van der Waals surface area (Å²) < 4.78 is 0. The number of hydrogen-bond donors (Lipinski definition) is 2. The molecule has 0 saturated carbocycles. The van der Waals surface area contributed by atoms with Crippen LogP contribution >= 0.6 is 0 Å². The highest BCUT2D eigenvalue weighted by atomic mass is 15.0. The van der Waals surface area contributed by atoms with Crippen molar-refractivity contribution in [2.24, 2.45) is 0 Å². The molecule has 66 valence electrons. The summed E-state index contributed by atoms with van der Waals surface area (Å²) in [6.07, 6.45) is 3.38. The zero-order chi connectivity index (χ0) is 9.26. The summed E-state index contributed by atoms with van der Waals surface area (Å²) >= 11 is 0. The number of nitrogens with zero attached hydrogens (tertiary/aromatic N) is 3. The van der Waals surface area contributed by atoms with E-state index in [4.69, 9.17) is 5.73 Å². The van der Waals surface area contributed by atoms with Gasteiger partial charge in [-0.05, 0) is 6.07 Å². The maximum absolute atomic E-state index is 5.47. The van der Waals surface area contributed by atoms with Crippen molar-refractivity contribution in [3.8, 4) is 0 Å². The number of fused-ring (bicyclic) bond motifs is 1. The quantitative estimate of drug-likeness (QED) is 0.665. The van der Waals surface area contributed by atoms with Gasteiger partial charge in [0.15, 0.2) is 5.82 Å². The van der Waals surface area contributed by atoms with E-state index in [2.05, 4.69) is 20.3 Å². The monoisotopic (exact) mass is 175 g/mol. The first-order valence-electron chi connectivity index (χ1n) is 3.86. The highest BCUT2D eigenvalue weighted by molar-refractivity contribution is 5.87. The number of anilines is 2. The maximum atomic E-state index is 5.47. The van der Waals surface area contributed by atoms with Crippen molar-refractivity contribution in [2.75, 3.05) is 18.1 Å². The van der Waals surface area contributed by atoms with E-state index in [0.717, 1.165) is 10.9 Å². The number of aromatic nitrogens is 3. The molecule has 0 bridgehead atoms. The molecule has 2 heterocycles. The predicted molar refractivity (Wildman–Crippen MR) is 51.3 cm³/mol. The lowest BCUT2D eigenvalue weighted by Gasteiger charge is -2.02. The molecular weight excluding hydrogens is 166 g/mol. The Morgan fingerprint density at radius 1 is 1.38 bits per heavy atom. The van der Waals surface area contributed by atoms with Crippen molar-refractivity contribution in [3.05, 3.63) is 18.5 Å². The summed E-state index contributed by atoms with van der Waals surface area (Å²) in [5.41, 5.74) is 6.22. The van der Waals surface area contributed by atoms with E-state index in [0.29, 0.717) is 5.82 Å². The molecular formula is C8H9N5. The molecule has 2 rings (SSSR count). The minimum absolute atomic E-state index is 0.261. The van der Waals surface area contributed by atoms with Crippen LogP contribution in [0.25, 0.3) is 10.9 Å². The molecule has 0 aliphatic rings. The van der Waals surface area contributed by atoms with Crippen molar-refractivity contribution in [1.29, 1.82) is 0 Å². The Bertz CT molecular complexity index is 439. The van der Waals surface area contributed by atoms with E-state index in [1.165, 1.54) is 0 Å². The zero-order valence-electron chi connectivity index (χ0n) is 7.15. The van der Waals surface area contributed by atoms with Gasteiger partial charge in [0, 0.05) is 24.8 Å². The Morgan fingerprint density at radius 3 is 3.00 bits per heavy atom. The summed E-state index contributed by atoms with van der Waals surface area (Å²) in [7, 11) is 1.79. The first kappa shape index (κ1) is 7.72. The third-order valence-electron chi connectivity index (χ3n) is 1.75. The number of hydrogen-bond acceptors (Lipinski definition) is 5. The Hall–Kier alpha value is -1.91. The van der Waals surface area contributed by atoms with Crippen LogP contribution in [-0.4, -0.2) is 22.0 Å². The first-order chi connectivity index (χ1) is 6.31. The molecule has 13 heavy (non-hydrogen) atoms. The summed E-state index contributed by atoms with van der Waals surface area (Å²) in [5.74, 6) is 0.976. The maximum Gasteiger partial charge on any atom is 0.220 e. The highest BCUT2D eigenvalue weighted by Gasteiger charge is 2.02. The molecule has 0 aliphatic carbocycles. The van der Waals surface area contributed by atoms with Crippen molar-refractivity contribution in [3.63, 3.8) is 0 Å². The topological polar surface area (TPSA) is 76.7 Å². The average Bonchev–Trinajstić information content (AvgIpc) is 2.17. The average molecular weight is 175 g/mol. The Morgan fingerprint density at radius 2 is 2.23 bits per heavy atom. The van der Waals surface area contributed by atoms with Gasteiger partial charge in [0.25, 0.3) is 0 Å². The van der Waals surface area contributed by atoms with Gasteiger partial charge < -0.3 is 11.1 Å². The largest absolute Gasteiger partial charge is 0.371 e. The van der Waals surface area contributed by atoms with Gasteiger partial charge in [-0.3, -0.25) is 0 Å². The molecule has 2 aromatic rings. The van der Waals surface area contributed by atoms with Gasteiger partial charge in [-0.15, -0.1) is 0 Å². The van der Waals surface area contributed by atoms with Crippen molar-refractivity contribution in [2.45, 2.75) is 0 Å². The van der Waals surface area contributed by atoms with Crippen LogP contribution in [0.3, 0.4) is 0 Å². The molecule has 0 saturated heterocycles. The Balaban J connectivity index is 2.79. The second-order valence-electron chi connectivity index (χ2n) is 2.58. The van der Waals surface area contributed by atoms with Gasteiger partial charge in [0.05, 0.1) is 0 Å². The fourth-order valence-corrected chi connectivity index (χ4v) is 1.15. The smallest absolute Gasteiger partial charge is 0.220 e. The van der Waals surface area contributed by atoms with E-state index in [1.54, 1.807) is 19.4 Å². The van der Waals surface area contributed by atoms with E-state index >= 15 is 0 Å². The van der Waals surface area contributed by atoms with Crippen LogP contribution < -0.4 is 11.1 Å².